The summed E-state index contributed by atoms with van der Waals surface area (Å²) >= 11 is 0. The SMILES string of the molecule is Cc1cccc(CN(C)CCC(=O)N2CCNCC2)n1. The number of piperazine rings is 1. The minimum atomic E-state index is 0.260. The minimum Gasteiger partial charge on any atom is -0.340 e. The molecule has 0 saturated carbocycles. The summed E-state index contributed by atoms with van der Waals surface area (Å²) in [5.74, 6) is 0.260. The number of amides is 1. The first-order valence-corrected chi connectivity index (χ1v) is 7.25. The van der Waals surface area contributed by atoms with Gasteiger partial charge in [-0.1, -0.05) is 6.07 Å². The van der Waals surface area contributed by atoms with Gasteiger partial charge in [0.05, 0.1) is 5.69 Å². The number of hydrogen-bond donors (Lipinski definition) is 1. The van der Waals surface area contributed by atoms with E-state index in [-0.39, 0.29) is 5.91 Å². The third-order valence-electron chi connectivity index (χ3n) is 3.56. The number of rotatable bonds is 5. The van der Waals surface area contributed by atoms with Crippen molar-refractivity contribution in [1.29, 1.82) is 0 Å². The first-order chi connectivity index (χ1) is 9.65. The number of nitrogens with one attached hydrogen (secondary N) is 1. The number of pyridine rings is 1. The molecule has 2 heterocycles. The molecule has 1 N–H and O–H groups in total. The fraction of sp³-hybridized carbons (Fsp3) is 0.600. The van der Waals surface area contributed by atoms with Crippen molar-refractivity contribution in [3.63, 3.8) is 0 Å². The fourth-order valence-electron chi connectivity index (χ4n) is 2.40. The smallest absolute Gasteiger partial charge is 0.223 e. The lowest BCUT2D eigenvalue weighted by atomic mass is 10.2. The van der Waals surface area contributed by atoms with Gasteiger partial charge >= 0.3 is 0 Å². The molecule has 2 rings (SSSR count). The predicted molar refractivity (Wildman–Crippen MR) is 79.4 cm³/mol. The highest BCUT2D eigenvalue weighted by Gasteiger charge is 2.16. The van der Waals surface area contributed by atoms with E-state index in [2.05, 4.69) is 15.2 Å². The number of carbonyl (C=O) groups is 1. The number of nitrogens with zero attached hydrogens (tertiary/aromatic N) is 3. The molecule has 20 heavy (non-hydrogen) atoms. The van der Waals surface area contributed by atoms with E-state index in [1.54, 1.807) is 0 Å². The molecule has 5 heteroatoms. The van der Waals surface area contributed by atoms with Crippen LogP contribution < -0.4 is 5.32 Å². The lowest BCUT2D eigenvalue weighted by Crippen LogP contribution is -2.47. The molecule has 1 amide bonds. The van der Waals surface area contributed by atoms with Gasteiger partial charge < -0.3 is 15.1 Å². The van der Waals surface area contributed by atoms with Crippen LogP contribution in [0.5, 0.6) is 0 Å². The Balaban J connectivity index is 1.74. The molecule has 0 bridgehead atoms. The van der Waals surface area contributed by atoms with Crippen molar-refractivity contribution in [2.24, 2.45) is 0 Å². The Kier molecular flexibility index (Phi) is 5.49. The third-order valence-corrected chi connectivity index (χ3v) is 3.56. The van der Waals surface area contributed by atoms with Crippen LogP contribution in [0.4, 0.5) is 0 Å². The molecule has 5 nitrogen and oxygen atoms in total. The summed E-state index contributed by atoms with van der Waals surface area (Å²) in [6, 6.07) is 6.05. The zero-order valence-corrected chi connectivity index (χ0v) is 12.4. The molecule has 1 aliphatic rings. The Morgan fingerprint density at radius 2 is 2.15 bits per heavy atom. The van der Waals surface area contributed by atoms with Gasteiger partial charge in [0, 0.05) is 51.4 Å². The summed E-state index contributed by atoms with van der Waals surface area (Å²) in [4.78, 5) is 20.7. The van der Waals surface area contributed by atoms with Gasteiger partial charge in [-0.25, -0.2) is 0 Å². The molecule has 0 spiro atoms. The second kappa shape index (κ2) is 7.36. The molecule has 0 atom stereocenters. The Morgan fingerprint density at radius 3 is 2.85 bits per heavy atom. The maximum Gasteiger partial charge on any atom is 0.223 e. The molecule has 1 aromatic rings. The van der Waals surface area contributed by atoms with Gasteiger partial charge in [-0.15, -0.1) is 0 Å². The molecular formula is C15H24N4O. The maximum absolute atomic E-state index is 12.1. The van der Waals surface area contributed by atoms with Gasteiger partial charge in [0.2, 0.25) is 5.91 Å². The van der Waals surface area contributed by atoms with E-state index in [1.807, 2.05) is 37.1 Å². The first-order valence-electron chi connectivity index (χ1n) is 7.25. The zero-order chi connectivity index (χ0) is 14.4. The molecule has 0 aliphatic carbocycles. The van der Waals surface area contributed by atoms with Crippen molar-refractivity contribution < 1.29 is 4.79 Å². The van der Waals surface area contributed by atoms with Crippen molar-refractivity contribution >= 4 is 5.91 Å². The predicted octanol–water partition coefficient (Wildman–Crippen LogP) is 0.644. The number of carbonyl (C=O) groups excluding carboxylic acids is 1. The highest BCUT2D eigenvalue weighted by molar-refractivity contribution is 5.76. The molecular weight excluding hydrogens is 252 g/mol. The Bertz CT molecular complexity index is 443. The molecule has 110 valence electrons. The Morgan fingerprint density at radius 1 is 1.40 bits per heavy atom. The van der Waals surface area contributed by atoms with Crippen LogP contribution >= 0.6 is 0 Å². The van der Waals surface area contributed by atoms with Gasteiger partial charge in [-0.3, -0.25) is 9.78 Å². The second-order valence-corrected chi connectivity index (χ2v) is 5.39. The fourth-order valence-corrected chi connectivity index (χ4v) is 2.40. The van der Waals surface area contributed by atoms with Crippen molar-refractivity contribution in [1.82, 2.24) is 20.1 Å². The number of aryl methyl sites for hydroxylation is 1. The van der Waals surface area contributed by atoms with Crippen molar-refractivity contribution in [3.8, 4) is 0 Å². The van der Waals surface area contributed by atoms with Crippen molar-refractivity contribution in [3.05, 3.63) is 29.6 Å². The van der Waals surface area contributed by atoms with Crippen LogP contribution in [-0.4, -0.2) is 60.5 Å². The van der Waals surface area contributed by atoms with Crippen LogP contribution in [-0.2, 0) is 11.3 Å². The van der Waals surface area contributed by atoms with Crippen LogP contribution in [0.1, 0.15) is 17.8 Å². The highest BCUT2D eigenvalue weighted by Crippen LogP contribution is 2.04. The van der Waals surface area contributed by atoms with Crippen LogP contribution in [0.2, 0.25) is 0 Å². The molecule has 1 aliphatic heterocycles. The maximum atomic E-state index is 12.1. The van der Waals surface area contributed by atoms with Gasteiger partial charge in [0.25, 0.3) is 0 Å². The number of aromatic nitrogens is 1. The van der Waals surface area contributed by atoms with Crippen molar-refractivity contribution in [2.75, 3.05) is 39.8 Å². The van der Waals surface area contributed by atoms with E-state index in [9.17, 15) is 4.79 Å². The monoisotopic (exact) mass is 276 g/mol. The second-order valence-electron chi connectivity index (χ2n) is 5.39. The molecule has 0 aromatic carbocycles. The van der Waals surface area contributed by atoms with E-state index in [4.69, 9.17) is 0 Å². The normalized spacial score (nSPS) is 15.7. The Hall–Kier alpha value is -1.46. The summed E-state index contributed by atoms with van der Waals surface area (Å²) in [5, 5.41) is 3.26. The van der Waals surface area contributed by atoms with Crippen LogP contribution in [0.15, 0.2) is 18.2 Å². The average molecular weight is 276 g/mol. The lowest BCUT2D eigenvalue weighted by molar-refractivity contribution is -0.132. The van der Waals surface area contributed by atoms with Gasteiger partial charge in [0.1, 0.15) is 0 Å². The van der Waals surface area contributed by atoms with E-state index >= 15 is 0 Å². The summed E-state index contributed by atoms with van der Waals surface area (Å²) in [6.07, 6.45) is 0.586. The van der Waals surface area contributed by atoms with Crippen molar-refractivity contribution in [2.45, 2.75) is 19.9 Å². The van der Waals surface area contributed by atoms with E-state index in [0.717, 1.165) is 50.7 Å². The summed E-state index contributed by atoms with van der Waals surface area (Å²) in [6.45, 7) is 7.06. The molecule has 1 saturated heterocycles. The van der Waals surface area contributed by atoms with Crippen LogP contribution in [0, 0.1) is 6.92 Å². The van der Waals surface area contributed by atoms with Gasteiger partial charge in [0.15, 0.2) is 0 Å². The highest BCUT2D eigenvalue weighted by atomic mass is 16.2. The van der Waals surface area contributed by atoms with Gasteiger partial charge in [-0.2, -0.15) is 0 Å². The molecule has 1 aromatic heterocycles. The third kappa shape index (κ3) is 4.58. The van der Waals surface area contributed by atoms with Gasteiger partial charge in [-0.05, 0) is 26.1 Å². The largest absolute Gasteiger partial charge is 0.340 e. The summed E-state index contributed by atoms with van der Waals surface area (Å²) in [7, 11) is 2.04. The number of hydrogen-bond acceptors (Lipinski definition) is 4. The average Bonchev–Trinajstić information content (AvgIpc) is 2.46. The van der Waals surface area contributed by atoms with Crippen LogP contribution in [0.25, 0.3) is 0 Å². The topological polar surface area (TPSA) is 48.5 Å². The Labute approximate surface area is 121 Å². The quantitative estimate of drug-likeness (QED) is 0.857. The molecule has 0 radical (unpaired) electrons. The van der Waals surface area contributed by atoms with E-state index in [1.165, 1.54) is 0 Å². The molecule has 1 fully saturated rings. The minimum absolute atomic E-state index is 0.260. The summed E-state index contributed by atoms with van der Waals surface area (Å²) in [5.41, 5.74) is 2.09. The van der Waals surface area contributed by atoms with E-state index in [0.29, 0.717) is 6.42 Å². The standard InChI is InChI=1S/C15H24N4O/c1-13-4-3-5-14(17-13)12-18(2)9-6-15(20)19-10-7-16-8-11-19/h3-5,16H,6-12H2,1-2H3. The van der Waals surface area contributed by atoms with Crippen LogP contribution in [0.3, 0.4) is 0 Å². The summed E-state index contributed by atoms with van der Waals surface area (Å²) < 4.78 is 0. The van der Waals surface area contributed by atoms with E-state index < -0.39 is 0 Å². The lowest BCUT2D eigenvalue weighted by Gasteiger charge is -2.28. The zero-order valence-electron chi connectivity index (χ0n) is 12.4. The first kappa shape index (κ1) is 14.9. The molecule has 0 unspecified atom stereocenters.